The molecule has 124 valence electrons. The van der Waals surface area contributed by atoms with Crippen molar-refractivity contribution in [1.29, 1.82) is 0 Å². The number of aryl methyl sites for hydroxylation is 1. The van der Waals surface area contributed by atoms with Crippen LogP contribution in [0.3, 0.4) is 0 Å². The van der Waals surface area contributed by atoms with E-state index in [0.29, 0.717) is 26.4 Å². The van der Waals surface area contributed by atoms with Gasteiger partial charge in [0.1, 0.15) is 16.3 Å². The van der Waals surface area contributed by atoms with E-state index in [2.05, 4.69) is 10.3 Å². The highest BCUT2D eigenvalue weighted by Gasteiger charge is 2.15. The molecule has 3 heterocycles. The van der Waals surface area contributed by atoms with Crippen LogP contribution >= 0.6 is 11.3 Å². The number of benzene rings is 1. The SMILES string of the molecule is Cc1cccn2c(=O)c3cc(C(=O)Nc4ccc(F)cc4)sc3nc12. The Kier molecular flexibility index (Phi) is 3.58. The maximum atomic E-state index is 12.9. The quantitative estimate of drug-likeness (QED) is 0.599. The molecule has 1 aromatic carbocycles. The lowest BCUT2D eigenvalue weighted by Gasteiger charge is -2.02. The predicted molar refractivity (Wildman–Crippen MR) is 95.9 cm³/mol. The minimum Gasteiger partial charge on any atom is -0.321 e. The molecule has 5 nitrogen and oxygen atoms in total. The number of thiophene rings is 1. The molecule has 0 saturated carbocycles. The highest BCUT2D eigenvalue weighted by atomic mass is 32.1. The normalized spacial score (nSPS) is 11.1. The molecule has 0 aliphatic carbocycles. The van der Waals surface area contributed by atoms with Gasteiger partial charge in [-0.25, -0.2) is 9.37 Å². The summed E-state index contributed by atoms with van der Waals surface area (Å²) in [6.45, 7) is 1.88. The van der Waals surface area contributed by atoms with Gasteiger partial charge in [-0.1, -0.05) is 6.07 Å². The number of hydrogen-bond acceptors (Lipinski definition) is 4. The van der Waals surface area contributed by atoms with E-state index in [1.54, 1.807) is 18.3 Å². The van der Waals surface area contributed by atoms with Gasteiger partial charge in [0.15, 0.2) is 0 Å². The molecule has 1 N–H and O–H groups in total. The zero-order chi connectivity index (χ0) is 17.6. The number of hydrogen-bond donors (Lipinski definition) is 1. The van der Waals surface area contributed by atoms with E-state index in [1.807, 2.05) is 13.0 Å². The minimum atomic E-state index is -0.376. The Morgan fingerprint density at radius 2 is 2.00 bits per heavy atom. The summed E-state index contributed by atoms with van der Waals surface area (Å²) in [5.41, 5.74) is 1.73. The lowest BCUT2D eigenvalue weighted by Crippen LogP contribution is -2.14. The van der Waals surface area contributed by atoms with Gasteiger partial charge < -0.3 is 5.32 Å². The second kappa shape index (κ2) is 5.78. The number of halogens is 1. The molecule has 0 aliphatic rings. The molecule has 0 spiro atoms. The van der Waals surface area contributed by atoms with Crippen molar-refractivity contribution in [3.8, 4) is 0 Å². The van der Waals surface area contributed by atoms with Gasteiger partial charge in [-0.05, 0) is 48.9 Å². The van der Waals surface area contributed by atoms with Gasteiger partial charge >= 0.3 is 0 Å². The van der Waals surface area contributed by atoms with Gasteiger partial charge in [0.05, 0.1) is 10.3 Å². The fraction of sp³-hybridized carbons (Fsp3) is 0.0556. The van der Waals surface area contributed by atoms with E-state index in [4.69, 9.17) is 0 Å². The summed E-state index contributed by atoms with van der Waals surface area (Å²) in [6.07, 6.45) is 1.66. The Labute approximate surface area is 145 Å². The van der Waals surface area contributed by atoms with E-state index in [-0.39, 0.29) is 17.3 Å². The predicted octanol–water partition coefficient (Wildman–Crippen LogP) is 3.61. The Morgan fingerprint density at radius 3 is 2.76 bits per heavy atom. The van der Waals surface area contributed by atoms with E-state index in [9.17, 15) is 14.0 Å². The molecule has 1 amide bonds. The van der Waals surface area contributed by atoms with Crippen molar-refractivity contribution in [2.24, 2.45) is 0 Å². The molecule has 0 saturated heterocycles. The van der Waals surface area contributed by atoms with Gasteiger partial charge in [-0.15, -0.1) is 11.3 Å². The summed E-state index contributed by atoms with van der Waals surface area (Å²) in [5, 5.41) is 3.09. The molecular weight excluding hydrogens is 341 g/mol. The minimum absolute atomic E-state index is 0.208. The van der Waals surface area contributed by atoms with Crippen LogP contribution in [-0.4, -0.2) is 15.3 Å². The Balaban J connectivity index is 1.78. The molecule has 25 heavy (non-hydrogen) atoms. The molecule has 4 rings (SSSR count). The van der Waals surface area contributed by atoms with Crippen molar-refractivity contribution in [3.05, 3.63) is 75.3 Å². The number of carbonyl (C=O) groups is 1. The third-order valence-electron chi connectivity index (χ3n) is 3.86. The lowest BCUT2D eigenvalue weighted by atomic mass is 10.2. The summed E-state index contributed by atoms with van der Waals surface area (Å²) in [4.78, 5) is 30.4. The molecule has 0 aliphatic heterocycles. The van der Waals surface area contributed by atoms with Crippen LogP contribution in [0.4, 0.5) is 10.1 Å². The van der Waals surface area contributed by atoms with E-state index in [0.717, 1.165) is 16.9 Å². The number of nitrogens with zero attached hydrogens (tertiary/aromatic N) is 2. The van der Waals surface area contributed by atoms with Gasteiger partial charge in [0, 0.05) is 11.9 Å². The average Bonchev–Trinajstić information content (AvgIpc) is 3.03. The van der Waals surface area contributed by atoms with Gasteiger partial charge in [0.2, 0.25) is 0 Å². The molecular formula is C18H12FN3O2S. The van der Waals surface area contributed by atoms with E-state index >= 15 is 0 Å². The molecule has 7 heteroatoms. The van der Waals surface area contributed by atoms with Crippen LogP contribution in [0.1, 0.15) is 15.2 Å². The van der Waals surface area contributed by atoms with Gasteiger partial charge in [-0.2, -0.15) is 0 Å². The standard InChI is InChI=1S/C18H12FN3O2S/c1-10-3-2-8-22-15(10)21-17-13(18(22)24)9-14(25-17)16(23)20-12-6-4-11(19)5-7-12/h2-9H,1H3,(H,20,23). The molecule has 0 unspecified atom stereocenters. The number of amides is 1. The first-order chi connectivity index (χ1) is 12.0. The second-order valence-electron chi connectivity index (χ2n) is 5.59. The fourth-order valence-electron chi connectivity index (χ4n) is 2.60. The first kappa shape index (κ1) is 15.5. The van der Waals surface area contributed by atoms with Crippen molar-refractivity contribution in [2.45, 2.75) is 6.92 Å². The fourth-order valence-corrected chi connectivity index (χ4v) is 3.51. The van der Waals surface area contributed by atoms with Crippen molar-refractivity contribution >= 4 is 38.8 Å². The smallest absolute Gasteiger partial charge is 0.266 e. The van der Waals surface area contributed by atoms with Crippen molar-refractivity contribution in [1.82, 2.24) is 9.38 Å². The second-order valence-corrected chi connectivity index (χ2v) is 6.62. The van der Waals surface area contributed by atoms with Crippen LogP contribution in [0.15, 0.2) is 53.5 Å². The van der Waals surface area contributed by atoms with E-state index in [1.165, 1.54) is 28.7 Å². The Morgan fingerprint density at radius 1 is 1.24 bits per heavy atom. The van der Waals surface area contributed by atoms with Crippen LogP contribution in [-0.2, 0) is 0 Å². The number of fused-ring (bicyclic) bond motifs is 2. The highest BCUT2D eigenvalue weighted by Crippen LogP contribution is 2.23. The maximum absolute atomic E-state index is 12.9. The first-order valence-corrected chi connectivity index (χ1v) is 8.33. The summed E-state index contributed by atoms with van der Waals surface area (Å²) in [5.74, 6) is -0.737. The van der Waals surface area contributed by atoms with Crippen molar-refractivity contribution in [3.63, 3.8) is 0 Å². The molecule has 4 aromatic rings. The van der Waals surface area contributed by atoms with Crippen molar-refractivity contribution < 1.29 is 9.18 Å². The summed E-state index contributed by atoms with van der Waals surface area (Å²) in [6, 6.07) is 10.7. The van der Waals surface area contributed by atoms with Crippen LogP contribution in [0.25, 0.3) is 15.9 Å². The lowest BCUT2D eigenvalue weighted by molar-refractivity contribution is 0.103. The van der Waals surface area contributed by atoms with Gasteiger partial charge in [0.25, 0.3) is 11.5 Å². The first-order valence-electron chi connectivity index (χ1n) is 7.51. The monoisotopic (exact) mass is 353 g/mol. The number of anilines is 1. The zero-order valence-corrected chi connectivity index (χ0v) is 13.9. The van der Waals surface area contributed by atoms with Crippen LogP contribution in [0.2, 0.25) is 0 Å². The van der Waals surface area contributed by atoms with Crippen LogP contribution < -0.4 is 10.9 Å². The largest absolute Gasteiger partial charge is 0.321 e. The topological polar surface area (TPSA) is 63.5 Å². The average molecular weight is 353 g/mol. The number of aromatic nitrogens is 2. The summed E-state index contributed by atoms with van der Waals surface area (Å²) >= 11 is 1.15. The molecule has 0 atom stereocenters. The molecule has 0 bridgehead atoms. The van der Waals surface area contributed by atoms with Crippen LogP contribution in [0, 0.1) is 12.7 Å². The Hall–Kier alpha value is -3.06. The summed E-state index contributed by atoms with van der Waals surface area (Å²) in [7, 11) is 0. The number of pyridine rings is 1. The Bertz CT molecular complexity index is 1180. The highest BCUT2D eigenvalue weighted by molar-refractivity contribution is 7.20. The number of carbonyl (C=O) groups excluding carboxylic acids is 1. The molecule has 3 aromatic heterocycles. The third kappa shape index (κ3) is 2.68. The zero-order valence-electron chi connectivity index (χ0n) is 13.1. The van der Waals surface area contributed by atoms with Crippen molar-refractivity contribution in [2.75, 3.05) is 5.32 Å². The maximum Gasteiger partial charge on any atom is 0.266 e. The molecule has 0 fully saturated rings. The summed E-state index contributed by atoms with van der Waals surface area (Å²) < 4.78 is 14.4. The number of nitrogens with one attached hydrogen (secondary N) is 1. The third-order valence-corrected chi connectivity index (χ3v) is 4.88. The molecule has 0 radical (unpaired) electrons. The van der Waals surface area contributed by atoms with E-state index < -0.39 is 0 Å². The van der Waals surface area contributed by atoms with Crippen LogP contribution in [0.5, 0.6) is 0 Å². The van der Waals surface area contributed by atoms with Gasteiger partial charge in [-0.3, -0.25) is 14.0 Å². The number of rotatable bonds is 2.